The summed E-state index contributed by atoms with van der Waals surface area (Å²) in [5, 5.41) is 15.1. The van der Waals surface area contributed by atoms with Gasteiger partial charge < -0.3 is 4.42 Å². The van der Waals surface area contributed by atoms with Gasteiger partial charge in [0.2, 0.25) is 0 Å². The third-order valence-corrected chi connectivity index (χ3v) is 4.94. The van der Waals surface area contributed by atoms with Crippen molar-refractivity contribution in [2.45, 2.75) is 4.90 Å². The Morgan fingerprint density at radius 1 is 1.11 bits per heavy atom. The molecule has 0 aliphatic rings. The highest BCUT2D eigenvalue weighted by atomic mass is 35.5. The molecule has 1 heterocycles. The lowest BCUT2D eigenvalue weighted by molar-refractivity contribution is -0.384. The van der Waals surface area contributed by atoms with Gasteiger partial charge in [-0.25, -0.2) is 0 Å². The van der Waals surface area contributed by atoms with Crippen molar-refractivity contribution in [1.82, 2.24) is 4.83 Å². The van der Waals surface area contributed by atoms with E-state index >= 15 is 0 Å². The Morgan fingerprint density at radius 2 is 1.85 bits per heavy atom. The van der Waals surface area contributed by atoms with Crippen molar-refractivity contribution in [2.75, 3.05) is 0 Å². The second kappa shape index (κ2) is 7.60. The second-order valence-electron chi connectivity index (χ2n) is 5.29. The second-order valence-corrected chi connectivity index (χ2v) is 7.38. The molecular formula is C17H12ClN3O5S. The molecule has 0 saturated heterocycles. The van der Waals surface area contributed by atoms with Gasteiger partial charge in [-0.2, -0.15) is 18.4 Å². The van der Waals surface area contributed by atoms with Crippen molar-refractivity contribution in [3.05, 3.63) is 81.6 Å². The Kier molecular flexibility index (Phi) is 5.24. The monoisotopic (exact) mass is 405 g/mol. The number of furan rings is 1. The minimum atomic E-state index is -3.79. The maximum atomic E-state index is 12.1. The molecule has 0 atom stereocenters. The number of hydrazone groups is 1. The van der Waals surface area contributed by atoms with Gasteiger partial charge >= 0.3 is 0 Å². The number of benzene rings is 2. The van der Waals surface area contributed by atoms with E-state index in [0.717, 1.165) is 6.21 Å². The lowest BCUT2D eigenvalue weighted by atomic mass is 10.1. The number of nitro groups is 1. The third-order valence-electron chi connectivity index (χ3n) is 3.47. The van der Waals surface area contributed by atoms with Crippen molar-refractivity contribution in [3.8, 4) is 11.3 Å². The van der Waals surface area contributed by atoms with E-state index in [2.05, 4.69) is 9.93 Å². The number of sulfonamides is 1. The van der Waals surface area contributed by atoms with E-state index in [1.165, 1.54) is 42.5 Å². The number of nitrogens with zero attached hydrogens (tertiary/aromatic N) is 2. The molecule has 0 spiro atoms. The minimum absolute atomic E-state index is 0.0686. The highest BCUT2D eigenvalue weighted by Gasteiger charge is 2.18. The van der Waals surface area contributed by atoms with E-state index in [0.29, 0.717) is 0 Å². The van der Waals surface area contributed by atoms with Gasteiger partial charge in [-0.3, -0.25) is 10.1 Å². The molecular weight excluding hydrogens is 394 g/mol. The van der Waals surface area contributed by atoms with E-state index in [9.17, 15) is 18.5 Å². The van der Waals surface area contributed by atoms with E-state index in [-0.39, 0.29) is 32.7 Å². The lowest BCUT2D eigenvalue weighted by Crippen LogP contribution is -2.18. The molecule has 0 saturated carbocycles. The first kappa shape index (κ1) is 18.6. The Balaban J connectivity index is 1.79. The van der Waals surface area contributed by atoms with Crippen LogP contribution in [0, 0.1) is 10.1 Å². The quantitative estimate of drug-likeness (QED) is 0.380. The summed E-state index contributed by atoms with van der Waals surface area (Å²) in [6, 6.07) is 15.0. The van der Waals surface area contributed by atoms with Crippen LogP contribution in [-0.2, 0) is 10.0 Å². The van der Waals surface area contributed by atoms with Crippen LogP contribution in [0.4, 0.5) is 5.69 Å². The fraction of sp³-hybridized carbons (Fsp3) is 0. The van der Waals surface area contributed by atoms with Crippen molar-refractivity contribution in [2.24, 2.45) is 5.10 Å². The van der Waals surface area contributed by atoms with E-state index in [1.807, 2.05) is 0 Å². The summed E-state index contributed by atoms with van der Waals surface area (Å²) in [6.45, 7) is 0. The van der Waals surface area contributed by atoms with Crippen LogP contribution < -0.4 is 4.83 Å². The standard InChI is InChI=1S/C17H12ClN3O5S/c18-12-6-8-15(16(10-12)21(22)23)17-9-7-13(26-17)11-19-20-27(24,25)14-4-2-1-3-5-14/h1-11,20H/b19-11-. The number of rotatable bonds is 6. The maximum absolute atomic E-state index is 12.1. The molecule has 10 heteroatoms. The average molecular weight is 406 g/mol. The lowest BCUT2D eigenvalue weighted by Gasteiger charge is -2.02. The predicted octanol–water partition coefficient (Wildman–Crippen LogP) is 3.82. The number of hydrogen-bond acceptors (Lipinski definition) is 6. The molecule has 1 aromatic heterocycles. The van der Waals surface area contributed by atoms with Crippen molar-refractivity contribution < 1.29 is 17.8 Å². The first-order chi connectivity index (χ1) is 12.9. The van der Waals surface area contributed by atoms with Gasteiger partial charge in [0.25, 0.3) is 15.7 Å². The molecule has 2 aromatic carbocycles. The molecule has 0 amide bonds. The molecule has 0 fully saturated rings. The predicted molar refractivity (Wildman–Crippen MR) is 100 cm³/mol. The van der Waals surface area contributed by atoms with Gasteiger partial charge in [0.15, 0.2) is 0 Å². The number of nitrogens with one attached hydrogen (secondary N) is 1. The molecule has 0 radical (unpaired) electrons. The molecule has 3 aromatic rings. The molecule has 27 heavy (non-hydrogen) atoms. The fourth-order valence-corrected chi connectivity index (χ4v) is 3.22. The zero-order valence-corrected chi connectivity index (χ0v) is 15.1. The van der Waals surface area contributed by atoms with Crippen LogP contribution in [0.1, 0.15) is 5.76 Å². The van der Waals surface area contributed by atoms with Crippen LogP contribution >= 0.6 is 11.6 Å². The Hall–Kier alpha value is -3.17. The van der Waals surface area contributed by atoms with Crippen molar-refractivity contribution in [3.63, 3.8) is 0 Å². The minimum Gasteiger partial charge on any atom is -0.455 e. The van der Waals surface area contributed by atoms with Crippen LogP contribution in [-0.4, -0.2) is 19.6 Å². The molecule has 0 aliphatic carbocycles. The van der Waals surface area contributed by atoms with Crippen LogP contribution in [0.15, 0.2) is 75.1 Å². The van der Waals surface area contributed by atoms with Crippen LogP contribution in [0.3, 0.4) is 0 Å². The smallest absolute Gasteiger partial charge is 0.281 e. The first-order valence-electron chi connectivity index (χ1n) is 7.51. The SMILES string of the molecule is O=[N+]([O-])c1cc(Cl)ccc1-c1ccc(/C=N\NS(=O)(=O)c2ccccc2)o1. The summed E-state index contributed by atoms with van der Waals surface area (Å²) in [4.78, 5) is 12.7. The molecule has 138 valence electrons. The molecule has 1 N–H and O–H groups in total. The van der Waals surface area contributed by atoms with Crippen LogP contribution in [0.25, 0.3) is 11.3 Å². The largest absolute Gasteiger partial charge is 0.455 e. The summed E-state index contributed by atoms with van der Waals surface area (Å²) in [5.74, 6) is 0.441. The topological polar surface area (TPSA) is 115 Å². The van der Waals surface area contributed by atoms with Gasteiger partial charge in [-0.15, -0.1) is 0 Å². The molecule has 0 unspecified atom stereocenters. The maximum Gasteiger partial charge on any atom is 0.281 e. The van der Waals surface area contributed by atoms with E-state index in [4.69, 9.17) is 16.0 Å². The van der Waals surface area contributed by atoms with E-state index < -0.39 is 14.9 Å². The Bertz CT molecular complexity index is 1110. The molecule has 0 aliphatic heterocycles. The molecule has 3 rings (SSSR count). The summed E-state index contributed by atoms with van der Waals surface area (Å²) in [5.41, 5.74) is 0.0408. The molecule has 0 bridgehead atoms. The van der Waals surface area contributed by atoms with Gasteiger partial charge in [-0.1, -0.05) is 29.8 Å². The van der Waals surface area contributed by atoms with Crippen LogP contribution in [0.2, 0.25) is 5.02 Å². The normalized spacial score (nSPS) is 11.6. The van der Waals surface area contributed by atoms with E-state index in [1.54, 1.807) is 18.2 Å². The van der Waals surface area contributed by atoms with Crippen LogP contribution in [0.5, 0.6) is 0 Å². The Labute approximate surface area is 159 Å². The number of halogens is 1. The zero-order chi connectivity index (χ0) is 19.4. The summed E-state index contributed by atoms with van der Waals surface area (Å²) in [7, 11) is -3.79. The Morgan fingerprint density at radius 3 is 2.56 bits per heavy atom. The van der Waals surface area contributed by atoms with Gasteiger partial charge in [0, 0.05) is 11.1 Å². The average Bonchev–Trinajstić information content (AvgIpc) is 3.11. The summed E-state index contributed by atoms with van der Waals surface area (Å²) >= 11 is 5.79. The third kappa shape index (κ3) is 4.33. The summed E-state index contributed by atoms with van der Waals surface area (Å²) < 4.78 is 29.6. The highest BCUT2D eigenvalue weighted by Crippen LogP contribution is 2.33. The fourth-order valence-electron chi connectivity index (χ4n) is 2.24. The number of hydrogen-bond donors (Lipinski definition) is 1. The van der Waals surface area contributed by atoms with Crippen molar-refractivity contribution >= 4 is 33.5 Å². The summed E-state index contributed by atoms with van der Waals surface area (Å²) in [6.07, 6.45) is 1.16. The van der Waals surface area contributed by atoms with Gasteiger partial charge in [-0.05, 0) is 36.4 Å². The van der Waals surface area contributed by atoms with Crippen molar-refractivity contribution in [1.29, 1.82) is 0 Å². The van der Waals surface area contributed by atoms with Gasteiger partial charge in [0.1, 0.15) is 11.5 Å². The number of nitro benzene ring substituents is 1. The molecule has 8 nitrogen and oxygen atoms in total. The highest BCUT2D eigenvalue weighted by molar-refractivity contribution is 7.89. The zero-order valence-electron chi connectivity index (χ0n) is 13.6. The first-order valence-corrected chi connectivity index (χ1v) is 9.37. The van der Waals surface area contributed by atoms with Gasteiger partial charge in [0.05, 0.1) is 21.6 Å².